The van der Waals surface area contributed by atoms with Crippen molar-refractivity contribution in [2.45, 2.75) is 143 Å². The monoisotopic (exact) mass is 699 g/mol. The van der Waals surface area contributed by atoms with Crippen molar-refractivity contribution in [3.8, 4) is 0 Å². The molecule has 2 rings (SSSR count). The molecule has 1 aliphatic rings. The van der Waals surface area contributed by atoms with Gasteiger partial charge in [0.05, 0.1) is 13.0 Å². The van der Waals surface area contributed by atoms with Gasteiger partial charge in [0, 0.05) is 6.42 Å². The largest absolute Gasteiger partial charge is 0.460 e. The highest BCUT2D eigenvalue weighted by atomic mass is 16.5. The van der Waals surface area contributed by atoms with Gasteiger partial charge in [-0.3, -0.25) is 24.0 Å². The first kappa shape index (κ1) is 42.2. The molecule has 1 saturated heterocycles. The summed E-state index contributed by atoms with van der Waals surface area (Å²) in [6.45, 7) is 12.5. The van der Waals surface area contributed by atoms with E-state index in [1.807, 2.05) is 51.1 Å². The molecule has 12 nitrogen and oxygen atoms in total. The van der Waals surface area contributed by atoms with Crippen LogP contribution in [0.15, 0.2) is 30.3 Å². The molecular formula is C38H61N5O7. The molecule has 0 unspecified atom stereocenters. The highest BCUT2D eigenvalue weighted by Gasteiger charge is 2.34. The lowest BCUT2D eigenvalue weighted by Crippen LogP contribution is -2.58. The van der Waals surface area contributed by atoms with Gasteiger partial charge in [0.25, 0.3) is 0 Å². The van der Waals surface area contributed by atoms with E-state index in [1.54, 1.807) is 13.8 Å². The molecule has 280 valence electrons. The van der Waals surface area contributed by atoms with Crippen LogP contribution in [-0.4, -0.2) is 72.3 Å². The number of nitrogens with one attached hydrogen (secondary N) is 5. The Morgan fingerprint density at radius 1 is 0.740 bits per heavy atom. The normalized spacial score (nSPS) is 24.1. The van der Waals surface area contributed by atoms with Crippen molar-refractivity contribution < 1.29 is 33.5 Å². The maximum Gasteiger partial charge on any atom is 0.329 e. The average Bonchev–Trinajstić information content (AvgIpc) is 3.06. The predicted octanol–water partition coefficient (Wildman–Crippen LogP) is 3.71. The Hall–Kier alpha value is -3.96. The Kier molecular flexibility index (Phi) is 18.6. The summed E-state index contributed by atoms with van der Waals surface area (Å²) < 4.78 is 6.03. The van der Waals surface area contributed by atoms with Crippen molar-refractivity contribution in [3.63, 3.8) is 0 Å². The van der Waals surface area contributed by atoms with Crippen molar-refractivity contribution in [2.75, 3.05) is 6.54 Å². The van der Waals surface area contributed by atoms with E-state index >= 15 is 0 Å². The summed E-state index contributed by atoms with van der Waals surface area (Å²) in [5.74, 6) is -3.99. The molecule has 0 radical (unpaired) electrons. The van der Waals surface area contributed by atoms with E-state index in [0.29, 0.717) is 0 Å². The topological polar surface area (TPSA) is 172 Å². The van der Waals surface area contributed by atoms with Gasteiger partial charge >= 0.3 is 5.97 Å². The molecule has 50 heavy (non-hydrogen) atoms. The Labute approximate surface area is 298 Å². The van der Waals surface area contributed by atoms with Crippen LogP contribution < -0.4 is 26.6 Å². The SMILES string of the molecule is CCCCCCCC[C@H](C)[C@@H]1CC(=O)NCC(=O)N[C@@H](C(C)C)C(=O)N[C@H](CC(C)C)C(=O)N[C@@H](C)C(=O)N[C@@H](Cc2ccccc2)C(=O)O1. The standard InChI is InChI=1S/C38H61N5O7/c1-8-9-10-11-12-14-17-26(6)31-22-32(44)39-23-33(45)43-34(25(4)5)37(48)41-29(20-24(2)3)36(47)40-27(7)35(46)42-30(38(49)50-31)21-28-18-15-13-16-19-28/h13,15-16,18-19,24-27,29-31,34H,8-12,14,17,20-23H2,1-7H3,(H,39,44)(H,40,47)(H,41,48)(H,42,46)(H,43,45)/t26-,27-,29+,30-,31-,34-/m0/s1. The van der Waals surface area contributed by atoms with Crippen molar-refractivity contribution >= 4 is 35.5 Å². The lowest BCUT2D eigenvalue weighted by Gasteiger charge is -2.28. The molecule has 0 aliphatic carbocycles. The average molecular weight is 700 g/mol. The number of rotatable bonds is 13. The lowest BCUT2D eigenvalue weighted by molar-refractivity contribution is -0.157. The Bertz CT molecular complexity index is 1260. The number of esters is 1. The first-order valence-corrected chi connectivity index (χ1v) is 18.4. The van der Waals surface area contributed by atoms with Gasteiger partial charge in [-0.05, 0) is 43.1 Å². The van der Waals surface area contributed by atoms with Gasteiger partial charge in [-0.2, -0.15) is 0 Å². The van der Waals surface area contributed by atoms with E-state index in [-0.39, 0.29) is 43.6 Å². The maximum atomic E-state index is 13.8. The summed E-state index contributed by atoms with van der Waals surface area (Å²) >= 11 is 0. The first-order chi connectivity index (χ1) is 23.7. The van der Waals surface area contributed by atoms with E-state index in [9.17, 15) is 28.8 Å². The Balaban J connectivity index is 2.42. The van der Waals surface area contributed by atoms with Crippen molar-refractivity contribution in [1.82, 2.24) is 26.6 Å². The molecular weight excluding hydrogens is 638 g/mol. The molecule has 1 heterocycles. The number of unbranched alkanes of at least 4 members (excludes halogenated alkanes) is 5. The molecule has 12 heteroatoms. The van der Waals surface area contributed by atoms with E-state index < -0.39 is 65.8 Å². The fraction of sp³-hybridized carbons (Fsp3) is 0.684. The molecule has 5 amide bonds. The van der Waals surface area contributed by atoms with Crippen LogP contribution in [-0.2, 0) is 39.9 Å². The second kappa shape index (κ2) is 22.0. The van der Waals surface area contributed by atoms with Gasteiger partial charge in [-0.25, -0.2) is 4.79 Å². The molecule has 1 aromatic carbocycles. The molecule has 5 N–H and O–H groups in total. The number of carbonyl (C=O) groups excluding carboxylic acids is 6. The van der Waals surface area contributed by atoms with Crippen LogP contribution >= 0.6 is 0 Å². The summed E-state index contributed by atoms with van der Waals surface area (Å²) in [7, 11) is 0. The third-order valence-electron chi connectivity index (χ3n) is 8.99. The molecule has 1 fully saturated rings. The number of carbonyl (C=O) groups is 6. The number of amides is 5. The van der Waals surface area contributed by atoms with Gasteiger partial charge in [-0.15, -0.1) is 0 Å². The minimum Gasteiger partial charge on any atom is -0.460 e. The third-order valence-corrected chi connectivity index (χ3v) is 8.99. The lowest BCUT2D eigenvalue weighted by atomic mass is 9.94. The molecule has 1 aliphatic heterocycles. The van der Waals surface area contributed by atoms with Crippen LogP contribution in [0.3, 0.4) is 0 Å². The summed E-state index contributed by atoms with van der Waals surface area (Å²) in [6, 6.07) is 5.03. The predicted molar refractivity (Wildman–Crippen MR) is 192 cm³/mol. The molecule has 0 saturated carbocycles. The fourth-order valence-electron chi connectivity index (χ4n) is 5.90. The molecule has 0 aromatic heterocycles. The van der Waals surface area contributed by atoms with Gasteiger partial charge in [-0.1, -0.05) is 110 Å². The van der Waals surface area contributed by atoms with Crippen LogP contribution in [0.25, 0.3) is 0 Å². The fourth-order valence-corrected chi connectivity index (χ4v) is 5.90. The second-order valence-electron chi connectivity index (χ2n) is 14.5. The van der Waals surface area contributed by atoms with Gasteiger partial charge in [0.1, 0.15) is 30.3 Å². The highest BCUT2D eigenvalue weighted by Crippen LogP contribution is 2.21. The van der Waals surface area contributed by atoms with Crippen LogP contribution in [0.2, 0.25) is 0 Å². The molecule has 6 atom stereocenters. The van der Waals surface area contributed by atoms with E-state index in [1.165, 1.54) is 13.3 Å². The van der Waals surface area contributed by atoms with Gasteiger partial charge < -0.3 is 31.3 Å². The van der Waals surface area contributed by atoms with E-state index in [2.05, 4.69) is 33.5 Å². The summed E-state index contributed by atoms with van der Waals surface area (Å²) in [5.41, 5.74) is 0.782. The zero-order valence-corrected chi connectivity index (χ0v) is 31.1. The summed E-state index contributed by atoms with van der Waals surface area (Å²) in [5, 5.41) is 13.5. The number of hydrogen-bond acceptors (Lipinski definition) is 7. The van der Waals surface area contributed by atoms with E-state index in [4.69, 9.17) is 4.74 Å². The van der Waals surface area contributed by atoms with Crippen molar-refractivity contribution in [2.24, 2.45) is 17.8 Å². The zero-order valence-electron chi connectivity index (χ0n) is 31.1. The quantitative estimate of drug-likeness (QED) is 0.154. The van der Waals surface area contributed by atoms with Crippen molar-refractivity contribution in [3.05, 3.63) is 35.9 Å². The number of hydrogen-bond donors (Lipinski definition) is 5. The smallest absolute Gasteiger partial charge is 0.329 e. The second-order valence-corrected chi connectivity index (χ2v) is 14.5. The Morgan fingerprint density at radius 3 is 2.02 bits per heavy atom. The number of benzene rings is 1. The molecule has 1 aromatic rings. The van der Waals surface area contributed by atoms with Crippen LogP contribution in [0, 0.1) is 17.8 Å². The van der Waals surface area contributed by atoms with Gasteiger partial charge in [0.15, 0.2) is 0 Å². The van der Waals surface area contributed by atoms with Gasteiger partial charge in [0.2, 0.25) is 29.5 Å². The third kappa shape index (κ3) is 15.3. The minimum absolute atomic E-state index is 0.0144. The summed E-state index contributed by atoms with van der Waals surface area (Å²) in [6.07, 6.45) is 6.65. The maximum absolute atomic E-state index is 13.8. The summed E-state index contributed by atoms with van der Waals surface area (Å²) in [4.78, 5) is 80.3. The van der Waals surface area contributed by atoms with E-state index in [0.717, 1.165) is 44.1 Å². The number of ether oxygens (including phenoxy) is 1. The van der Waals surface area contributed by atoms with Crippen LogP contribution in [0.1, 0.15) is 112 Å². The van der Waals surface area contributed by atoms with Crippen molar-refractivity contribution in [1.29, 1.82) is 0 Å². The zero-order chi connectivity index (χ0) is 37.2. The molecule has 0 spiro atoms. The number of cyclic esters (lactones) is 1. The van der Waals surface area contributed by atoms with Crippen LogP contribution in [0.5, 0.6) is 0 Å². The Morgan fingerprint density at radius 2 is 1.38 bits per heavy atom. The molecule has 0 bridgehead atoms. The minimum atomic E-state index is -1.11. The highest BCUT2D eigenvalue weighted by molar-refractivity contribution is 5.95. The van der Waals surface area contributed by atoms with Crippen LogP contribution in [0.4, 0.5) is 0 Å². The first-order valence-electron chi connectivity index (χ1n) is 18.4.